The van der Waals surface area contributed by atoms with Crippen molar-refractivity contribution in [2.24, 2.45) is 28.1 Å². The summed E-state index contributed by atoms with van der Waals surface area (Å²) >= 11 is 0. The molecule has 0 aliphatic carbocycles. The number of amides is 4. The molecule has 0 aromatic rings. The Kier molecular flexibility index (Phi) is 14.8. The summed E-state index contributed by atoms with van der Waals surface area (Å²) in [5, 5.41) is 19.5. The molecule has 14 nitrogen and oxygen atoms in total. The molecule has 0 aliphatic heterocycles. The minimum absolute atomic E-state index is 0.0650. The number of aliphatic hydroxyl groups excluding tert-OH is 1. The fraction of sp³-hybridized carbons (Fsp3) is 0.700. The van der Waals surface area contributed by atoms with E-state index < -0.39 is 54.4 Å². The summed E-state index contributed by atoms with van der Waals surface area (Å²) in [6, 6.07) is -3.32. The maximum absolute atomic E-state index is 12.9. The molecular weight excluding hydrogens is 448 g/mol. The molecule has 0 spiro atoms. The van der Waals surface area contributed by atoms with Gasteiger partial charge in [-0.05, 0) is 25.7 Å². The number of aliphatic imine (C=N–C) groups is 1. The van der Waals surface area contributed by atoms with Crippen LogP contribution in [0.3, 0.4) is 0 Å². The van der Waals surface area contributed by atoms with Gasteiger partial charge >= 0.3 is 0 Å². The maximum Gasteiger partial charge on any atom is 0.245 e. The minimum Gasteiger partial charge on any atom is -0.391 e. The van der Waals surface area contributed by atoms with Crippen molar-refractivity contribution in [1.82, 2.24) is 21.3 Å². The first-order valence-electron chi connectivity index (χ1n) is 11.0. The lowest BCUT2D eigenvalue weighted by atomic mass is 9.97. The van der Waals surface area contributed by atoms with E-state index in [1.54, 1.807) is 6.92 Å². The van der Waals surface area contributed by atoms with Crippen LogP contribution in [0.2, 0.25) is 0 Å². The number of hydrogen-bond acceptors (Lipinski definition) is 8. The van der Waals surface area contributed by atoms with Crippen LogP contribution < -0.4 is 38.5 Å². The van der Waals surface area contributed by atoms with E-state index in [0.29, 0.717) is 25.7 Å². The molecule has 0 fully saturated rings. The number of carbonyl (C=O) groups excluding carboxylic acids is 5. The van der Waals surface area contributed by atoms with Gasteiger partial charge in [0.05, 0.1) is 25.2 Å². The average Bonchev–Trinajstić information content (AvgIpc) is 2.79. The second-order valence-corrected chi connectivity index (χ2v) is 7.84. The molecule has 0 radical (unpaired) electrons. The molecule has 0 aromatic carbocycles. The Morgan fingerprint density at radius 3 is 2.15 bits per heavy atom. The zero-order chi connectivity index (χ0) is 26.3. The fourth-order valence-corrected chi connectivity index (χ4v) is 2.76. The monoisotopic (exact) mass is 486 g/mol. The van der Waals surface area contributed by atoms with Gasteiger partial charge in [0, 0.05) is 6.54 Å². The molecule has 0 saturated carbocycles. The lowest BCUT2D eigenvalue weighted by molar-refractivity contribution is -0.135. The van der Waals surface area contributed by atoms with Crippen molar-refractivity contribution in [2.75, 3.05) is 19.6 Å². The SMILES string of the molecule is CC[C@H](C)[C@H](NC(=O)[C@@H](N)CCCN=C(N)N)C(=O)N[C@H](C(=O)NCC(=O)NCC=O)[C@H](C)O. The summed E-state index contributed by atoms with van der Waals surface area (Å²) < 4.78 is 0. The standard InChI is InChI=1S/C20H38N8O6/c1-4-11(2)15(27-17(32)13(21)6-5-7-25-20(22)23)19(34)28-16(12(3)30)18(33)26-10-14(31)24-8-9-29/h9,11-13,15-16,30H,4-8,10,21H2,1-3H3,(H,24,31)(H,26,33)(H,27,32)(H,28,34)(H4,22,23,25)/t11-,12-,13-,15-,16-/m0/s1. The molecule has 34 heavy (non-hydrogen) atoms. The van der Waals surface area contributed by atoms with Crippen LogP contribution in [0.1, 0.15) is 40.0 Å². The van der Waals surface area contributed by atoms with Crippen LogP contribution in [0.15, 0.2) is 4.99 Å². The molecule has 0 rings (SSSR count). The maximum atomic E-state index is 12.9. The number of nitrogens with one attached hydrogen (secondary N) is 4. The third kappa shape index (κ3) is 12.1. The van der Waals surface area contributed by atoms with E-state index in [1.165, 1.54) is 6.92 Å². The molecule has 0 heterocycles. The molecule has 14 heteroatoms. The van der Waals surface area contributed by atoms with Crippen LogP contribution in [0.25, 0.3) is 0 Å². The highest BCUT2D eigenvalue weighted by atomic mass is 16.3. The van der Waals surface area contributed by atoms with Crippen LogP contribution in [0, 0.1) is 5.92 Å². The van der Waals surface area contributed by atoms with Crippen LogP contribution >= 0.6 is 0 Å². The third-order valence-electron chi connectivity index (χ3n) is 4.97. The molecule has 5 atom stereocenters. The summed E-state index contributed by atoms with van der Waals surface area (Å²) in [4.78, 5) is 63.5. The summed E-state index contributed by atoms with van der Waals surface area (Å²) in [6.45, 7) is 4.49. The van der Waals surface area contributed by atoms with Crippen molar-refractivity contribution in [1.29, 1.82) is 0 Å². The predicted molar refractivity (Wildman–Crippen MR) is 125 cm³/mol. The van der Waals surface area contributed by atoms with Crippen molar-refractivity contribution in [2.45, 2.75) is 64.3 Å². The molecule has 194 valence electrons. The second kappa shape index (κ2) is 16.4. The normalized spacial score (nSPS) is 15.0. The highest BCUT2D eigenvalue weighted by Crippen LogP contribution is 2.10. The van der Waals surface area contributed by atoms with Gasteiger partial charge in [-0.2, -0.15) is 0 Å². The quantitative estimate of drug-likeness (QED) is 0.0460. The van der Waals surface area contributed by atoms with Crippen molar-refractivity contribution < 1.29 is 29.1 Å². The first-order chi connectivity index (χ1) is 15.9. The topological polar surface area (TPSA) is 244 Å². The minimum atomic E-state index is -1.39. The van der Waals surface area contributed by atoms with E-state index in [1.807, 2.05) is 6.92 Å². The van der Waals surface area contributed by atoms with Gasteiger partial charge in [0.15, 0.2) is 5.96 Å². The first kappa shape index (κ1) is 30.7. The number of nitrogens with zero attached hydrogens (tertiary/aromatic N) is 1. The smallest absolute Gasteiger partial charge is 0.245 e. The Morgan fingerprint density at radius 2 is 1.62 bits per heavy atom. The highest BCUT2D eigenvalue weighted by Gasteiger charge is 2.32. The van der Waals surface area contributed by atoms with Crippen molar-refractivity contribution in [3.05, 3.63) is 0 Å². The third-order valence-corrected chi connectivity index (χ3v) is 4.97. The largest absolute Gasteiger partial charge is 0.391 e. The average molecular weight is 487 g/mol. The summed E-state index contributed by atoms with van der Waals surface area (Å²) in [5.74, 6) is -3.06. The number of hydrogen-bond donors (Lipinski definition) is 8. The zero-order valence-electron chi connectivity index (χ0n) is 19.9. The van der Waals surface area contributed by atoms with Crippen LogP contribution in [0.4, 0.5) is 0 Å². The molecule has 0 saturated heterocycles. The second-order valence-electron chi connectivity index (χ2n) is 7.84. The van der Waals surface area contributed by atoms with Crippen molar-refractivity contribution in [3.63, 3.8) is 0 Å². The Balaban J connectivity index is 5.12. The zero-order valence-corrected chi connectivity index (χ0v) is 19.9. The van der Waals surface area contributed by atoms with E-state index in [0.717, 1.165) is 0 Å². The van der Waals surface area contributed by atoms with Gasteiger partial charge in [0.2, 0.25) is 23.6 Å². The Labute approximate surface area is 198 Å². The van der Waals surface area contributed by atoms with Gasteiger partial charge < -0.3 is 48.4 Å². The molecular formula is C20H38N8O6. The number of nitrogens with two attached hydrogens (primary N) is 3. The van der Waals surface area contributed by atoms with Gasteiger partial charge in [-0.1, -0.05) is 20.3 Å². The van der Waals surface area contributed by atoms with E-state index >= 15 is 0 Å². The number of guanidine groups is 1. The number of carbonyl (C=O) groups is 5. The van der Waals surface area contributed by atoms with E-state index in [9.17, 15) is 29.1 Å². The summed E-state index contributed by atoms with van der Waals surface area (Å²) in [5.41, 5.74) is 16.4. The van der Waals surface area contributed by atoms with Crippen LogP contribution in [-0.2, 0) is 24.0 Å². The van der Waals surface area contributed by atoms with Crippen molar-refractivity contribution >= 4 is 35.9 Å². The Morgan fingerprint density at radius 1 is 1.00 bits per heavy atom. The summed E-state index contributed by atoms with van der Waals surface area (Å²) in [7, 11) is 0. The van der Waals surface area contributed by atoms with Crippen LogP contribution in [-0.4, -0.2) is 84.8 Å². The molecule has 11 N–H and O–H groups in total. The van der Waals surface area contributed by atoms with Gasteiger partial charge in [0.1, 0.15) is 18.4 Å². The van der Waals surface area contributed by atoms with E-state index in [2.05, 4.69) is 26.3 Å². The van der Waals surface area contributed by atoms with Gasteiger partial charge in [-0.15, -0.1) is 0 Å². The van der Waals surface area contributed by atoms with Gasteiger partial charge in [-0.3, -0.25) is 24.2 Å². The van der Waals surface area contributed by atoms with E-state index in [4.69, 9.17) is 17.2 Å². The van der Waals surface area contributed by atoms with Gasteiger partial charge in [0.25, 0.3) is 0 Å². The molecule has 0 unspecified atom stereocenters. The van der Waals surface area contributed by atoms with Gasteiger partial charge in [-0.25, -0.2) is 0 Å². The number of aliphatic hydroxyl groups is 1. The molecule has 0 aliphatic rings. The van der Waals surface area contributed by atoms with Crippen LogP contribution in [0.5, 0.6) is 0 Å². The molecule has 0 bridgehead atoms. The predicted octanol–water partition coefficient (Wildman–Crippen LogP) is -3.80. The number of rotatable bonds is 16. The lowest BCUT2D eigenvalue weighted by Crippen LogP contribution is -2.60. The fourth-order valence-electron chi connectivity index (χ4n) is 2.76. The Bertz CT molecular complexity index is 726. The van der Waals surface area contributed by atoms with E-state index in [-0.39, 0.29) is 24.8 Å². The molecule has 4 amide bonds. The number of aldehydes is 1. The summed E-state index contributed by atoms with van der Waals surface area (Å²) in [6.07, 6.45) is 0.450. The molecule has 0 aromatic heterocycles. The van der Waals surface area contributed by atoms with Crippen molar-refractivity contribution in [3.8, 4) is 0 Å². The lowest BCUT2D eigenvalue weighted by Gasteiger charge is -2.28. The Hall–Kier alpha value is -3.26. The highest BCUT2D eigenvalue weighted by molar-refractivity contribution is 5.94. The first-order valence-corrected chi connectivity index (χ1v) is 11.0.